The highest BCUT2D eigenvalue weighted by atomic mass is 35.5. The van der Waals surface area contributed by atoms with Gasteiger partial charge in [0.25, 0.3) is 0 Å². The molecule has 1 amide bonds. The fraction of sp³-hybridized carbons (Fsp3) is 0.267. The summed E-state index contributed by atoms with van der Waals surface area (Å²) in [4.78, 5) is 20.3. The average Bonchev–Trinajstić information content (AvgIpc) is 2.47. The first kappa shape index (κ1) is 16.6. The van der Waals surface area contributed by atoms with Crippen molar-refractivity contribution in [2.24, 2.45) is 4.99 Å². The van der Waals surface area contributed by atoms with Gasteiger partial charge in [0.2, 0.25) is 0 Å². The summed E-state index contributed by atoms with van der Waals surface area (Å²) in [6, 6.07) is 9.24. The molecule has 0 aliphatic carbocycles. The number of nitrogens with zero attached hydrogens (tertiary/aromatic N) is 2. The van der Waals surface area contributed by atoms with E-state index in [1.54, 1.807) is 13.0 Å². The van der Waals surface area contributed by atoms with Crippen LogP contribution < -0.4 is 5.32 Å². The normalized spacial score (nSPS) is 11.5. The maximum absolute atomic E-state index is 11.6. The predicted molar refractivity (Wildman–Crippen MR) is 92.1 cm³/mol. The first-order valence-electron chi connectivity index (χ1n) is 6.84. The zero-order valence-corrected chi connectivity index (χ0v) is 13.9. The number of para-hydroxylation sites is 1. The van der Waals surface area contributed by atoms with Crippen LogP contribution >= 0.6 is 23.4 Å². The SMILES string of the molecule is CCOC(=O)NC(=Nc1cc(Cl)nc2ccccc12)SCC. The van der Waals surface area contributed by atoms with Crippen molar-refractivity contribution < 1.29 is 9.53 Å². The number of pyridine rings is 1. The number of hydrogen-bond donors (Lipinski definition) is 1. The molecular formula is C15H16ClN3O2S. The molecule has 0 spiro atoms. The first-order chi connectivity index (χ1) is 10.6. The maximum atomic E-state index is 11.6. The number of aliphatic imine (C=N–C) groups is 1. The number of amidine groups is 1. The number of nitrogens with one attached hydrogen (secondary N) is 1. The molecule has 0 fully saturated rings. The van der Waals surface area contributed by atoms with Gasteiger partial charge in [0.15, 0.2) is 5.17 Å². The number of carbonyl (C=O) groups excluding carboxylic acids is 1. The van der Waals surface area contributed by atoms with Crippen molar-refractivity contribution in [3.8, 4) is 0 Å². The zero-order valence-electron chi connectivity index (χ0n) is 12.3. The van der Waals surface area contributed by atoms with Gasteiger partial charge in [-0.05, 0) is 18.7 Å². The largest absolute Gasteiger partial charge is 0.450 e. The Balaban J connectivity index is 2.40. The molecule has 1 aromatic carbocycles. The van der Waals surface area contributed by atoms with E-state index in [1.165, 1.54) is 11.8 Å². The van der Waals surface area contributed by atoms with Crippen LogP contribution in [0.15, 0.2) is 35.3 Å². The number of carbonyl (C=O) groups is 1. The lowest BCUT2D eigenvalue weighted by atomic mass is 10.2. The molecule has 0 radical (unpaired) electrons. The van der Waals surface area contributed by atoms with E-state index in [2.05, 4.69) is 15.3 Å². The van der Waals surface area contributed by atoms with Gasteiger partial charge in [-0.3, -0.25) is 5.32 Å². The van der Waals surface area contributed by atoms with Gasteiger partial charge in [-0.15, -0.1) is 0 Å². The highest BCUT2D eigenvalue weighted by Crippen LogP contribution is 2.28. The fourth-order valence-corrected chi connectivity index (χ4v) is 2.60. The van der Waals surface area contributed by atoms with Gasteiger partial charge in [0.1, 0.15) is 5.15 Å². The summed E-state index contributed by atoms with van der Waals surface area (Å²) in [5.74, 6) is 0.766. The Hall–Kier alpha value is -1.79. The first-order valence-corrected chi connectivity index (χ1v) is 8.21. The highest BCUT2D eigenvalue weighted by molar-refractivity contribution is 8.13. The van der Waals surface area contributed by atoms with Crippen molar-refractivity contribution in [3.05, 3.63) is 35.5 Å². The lowest BCUT2D eigenvalue weighted by Crippen LogP contribution is -2.29. The second-order valence-electron chi connectivity index (χ2n) is 4.18. The van der Waals surface area contributed by atoms with Gasteiger partial charge in [-0.2, -0.15) is 0 Å². The number of benzene rings is 1. The summed E-state index contributed by atoms with van der Waals surface area (Å²) in [6.45, 7) is 4.03. The molecule has 7 heteroatoms. The van der Waals surface area contributed by atoms with Crippen molar-refractivity contribution in [1.29, 1.82) is 0 Å². The quantitative estimate of drug-likeness (QED) is 0.513. The topological polar surface area (TPSA) is 63.6 Å². The Morgan fingerprint density at radius 1 is 1.41 bits per heavy atom. The highest BCUT2D eigenvalue weighted by Gasteiger charge is 2.09. The van der Waals surface area contributed by atoms with Crippen LogP contribution in [0.3, 0.4) is 0 Å². The molecule has 0 aliphatic rings. The second kappa shape index (κ2) is 8.00. The standard InChI is InChI=1S/C15H16ClN3O2S/c1-3-21-15(20)19-14(22-4-2)18-12-9-13(16)17-11-8-6-5-7-10(11)12/h5-9H,3-4H2,1-2H3,(H,17,18,19,20). The fourth-order valence-electron chi connectivity index (χ4n) is 1.82. The smallest absolute Gasteiger partial charge is 0.413 e. The minimum atomic E-state index is -0.522. The lowest BCUT2D eigenvalue weighted by molar-refractivity contribution is 0.158. The minimum Gasteiger partial charge on any atom is -0.450 e. The van der Waals surface area contributed by atoms with Gasteiger partial charge in [0, 0.05) is 11.5 Å². The number of ether oxygens (including phenoxy) is 1. The lowest BCUT2D eigenvalue weighted by Gasteiger charge is -2.08. The van der Waals surface area contributed by atoms with E-state index in [4.69, 9.17) is 16.3 Å². The van der Waals surface area contributed by atoms with E-state index in [0.29, 0.717) is 22.6 Å². The third kappa shape index (κ3) is 4.35. The maximum Gasteiger partial charge on any atom is 0.413 e. The van der Waals surface area contributed by atoms with Gasteiger partial charge >= 0.3 is 6.09 Å². The van der Waals surface area contributed by atoms with Crippen molar-refractivity contribution in [1.82, 2.24) is 10.3 Å². The van der Waals surface area contributed by atoms with E-state index in [-0.39, 0.29) is 0 Å². The van der Waals surface area contributed by atoms with Gasteiger partial charge < -0.3 is 4.74 Å². The number of fused-ring (bicyclic) bond motifs is 1. The number of aromatic nitrogens is 1. The second-order valence-corrected chi connectivity index (χ2v) is 5.82. The predicted octanol–water partition coefficient (Wildman–Crippen LogP) is 4.37. The number of thioether (sulfide) groups is 1. The van der Waals surface area contributed by atoms with E-state index in [1.807, 2.05) is 31.2 Å². The molecule has 1 N–H and O–H groups in total. The molecule has 2 aromatic rings. The van der Waals surface area contributed by atoms with Crippen LogP contribution in [-0.2, 0) is 4.74 Å². The van der Waals surface area contributed by atoms with Gasteiger partial charge in [-0.25, -0.2) is 14.8 Å². The number of rotatable bonds is 3. The van der Waals surface area contributed by atoms with Crippen molar-refractivity contribution >= 4 is 51.2 Å². The minimum absolute atomic E-state index is 0.305. The molecule has 0 saturated heterocycles. The third-order valence-electron chi connectivity index (χ3n) is 2.65. The molecule has 0 atom stereocenters. The molecule has 1 heterocycles. The number of amides is 1. The Bertz CT molecular complexity index is 706. The third-order valence-corrected chi connectivity index (χ3v) is 3.60. The van der Waals surface area contributed by atoms with Crippen LogP contribution in [0, 0.1) is 0 Å². The van der Waals surface area contributed by atoms with Gasteiger partial charge in [-0.1, -0.05) is 48.5 Å². The number of hydrogen-bond acceptors (Lipinski definition) is 5. The molecule has 2 rings (SSSR count). The average molecular weight is 338 g/mol. The van der Waals surface area contributed by atoms with Crippen LogP contribution in [0.1, 0.15) is 13.8 Å². The van der Waals surface area contributed by atoms with Crippen LogP contribution in [0.4, 0.5) is 10.5 Å². The Morgan fingerprint density at radius 2 is 2.18 bits per heavy atom. The zero-order chi connectivity index (χ0) is 15.9. The summed E-state index contributed by atoms with van der Waals surface area (Å²) in [5, 5.41) is 4.33. The molecule has 0 bridgehead atoms. The summed E-state index contributed by atoms with van der Waals surface area (Å²) < 4.78 is 4.88. The van der Waals surface area contributed by atoms with E-state index in [0.717, 1.165) is 16.7 Å². The summed E-state index contributed by atoms with van der Waals surface area (Å²) in [7, 11) is 0. The molecule has 116 valence electrons. The van der Waals surface area contributed by atoms with Crippen LogP contribution in [0.25, 0.3) is 10.9 Å². The number of alkyl carbamates (subject to hydrolysis) is 1. The Morgan fingerprint density at radius 3 is 2.91 bits per heavy atom. The van der Waals surface area contributed by atoms with Crippen LogP contribution in [0.2, 0.25) is 5.15 Å². The number of halogens is 1. The summed E-state index contributed by atoms with van der Waals surface area (Å²) in [6.07, 6.45) is -0.522. The summed E-state index contributed by atoms with van der Waals surface area (Å²) in [5.41, 5.74) is 1.41. The molecule has 0 saturated carbocycles. The molecule has 5 nitrogen and oxygen atoms in total. The molecule has 0 aliphatic heterocycles. The Labute approximate surface area is 138 Å². The molecule has 0 unspecified atom stereocenters. The van der Waals surface area contributed by atoms with E-state index >= 15 is 0 Å². The van der Waals surface area contributed by atoms with Crippen LogP contribution in [-0.4, -0.2) is 28.6 Å². The van der Waals surface area contributed by atoms with Crippen molar-refractivity contribution in [3.63, 3.8) is 0 Å². The molecule has 1 aromatic heterocycles. The van der Waals surface area contributed by atoms with E-state index in [9.17, 15) is 4.79 Å². The molecule has 22 heavy (non-hydrogen) atoms. The summed E-state index contributed by atoms with van der Waals surface area (Å²) >= 11 is 7.45. The Kier molecular flexibility index (Phi) is 6.03. The monoisotopic (exact) mass is 337 g/mol. The molecular weight excluding hydrogens is 322 g/mol. The van der Waals surface area contributed by atoms with E-state index < -0.39 is 6.09 Å². The van der Waals surface area contributed by atoms with Crippen LogP contribution in [0.5, 0.6) is 0 Å². The van der Waals surface area contributed by atoms with Gasteiger partial charge in [0.05, 0.1) is 17.8 Å². The van der Waals surface area contributed by atoms with Crippen molar-refractivity contribution in [2.45, 2.75) is 13.8 Å². The van der Waals surface area contributed by atoms with Crippen molar-refractivity contribution in [2.75, 3.05) is 12.4 Å².